The third-order valence-electron chi connectivity index (χ3n) is 3.35. The minimum absolute atomic E-state index is 0.370. The van der Waals surface area contributed by atoms with E-state index in [0.717, 1.165) is 5.56 Å². The average Bonchev–Trinajstić information content (AvgIpc) is 2.62. The van der Waals surface area contributed by atoms with E-state index in [2.05, 4.69) is 0 Å². The number of ketones is 3. The molecule has 3 nitrogen and oxygen atoms in total. The van der Waals surface area contributed by atoms with E-state index >= 15 is 0 Å². The quantitative estimate of drug-likeness (QED) is 0.614. The monoisotopic (exact) mass is 254 g/mol. The van der Waals surface area contributed by atoms with Gasteiger partial charge in [-0.05, 0) is 36.6 Å². The van der Waals surface area contributed by atoms with Gasteiger partial charge in [-0.15, -0.1) is 0 Å². The molecule has 0 bridgehead atoms. The first-order chi connectivity index (χ1) is 9.02. The second kappa shape index (κ2) is 5.14. The fourth-order valence-corrected chi connectivity index (χ4v) is 2.02. The Morgan fingerprint density at radius 3 is 2.05 bits per heavy atom. The van der Waals surface area contributed by atoms with Crippen LogP contribution in [0.5, 0.6) is 0 Å². The molecule has 1 aliphatic rings. The van der Waals surface area contributed by atoms with Crippen molar-refractivity contribution in [3.05, 3.63) is 53.1 Å². The van der Waals surface area contributed by atoms with E-state index in [-0.39, 0.29) is 11.6 Å². The number of carbonyl (C=O) groups excluding carboxylic acids is 3. The third-order valence-corrected chi connectivity index (χ3v) is 3.35. The van der Waals surface area contributed by atoms with Crippen molar-refractivity contribution in [1.82, 2.24) is 0 Å². The molecule has 0 amide bonds. The Balaban J connectivity index is 2.17. The molecular weight excluding hydrogens is 240 g/mol. The fraction of sp³-hybridized carbons (Fsp3) is 0.188. The van der Waals surface area contributed by atoms with Crippen molar-refractivity contribution in [2.75, 3.05) is 0 Å². The number of carbonyl (C=O) groups is 3. The highest BCUT2D eigenvalue weighted by Crippen LogP contribution is 2.25. The topological polar surface area (TPSA) is 51.2 Å². The molecule has 0 aromatic heterocycles. The van der Waals surface area contributed by atoms with Crippen LogP contribution in [0.3, 0.4) is 0 Å². The van der Waals surface area contributed by atoms with Crippen LogP contribution in [0.2, 0.25) is 0 Å². The Hall–Kier alpha value is -2.29. The number of Topliss-reactive ketones (excluding diaryl/α,β-unsaturated/α-hetero) is 2. The number of hydrogen-bond donors (Lipinski definition) is 0. The summed E-state index contributed by atoms with van der Waals surface area (Å²) in [7, 11) is 0. The maximum atomic E-state index is 12.0. The lowest BCUT2D eigenvalue weighted by atomic mass is 9.96. The van der Waals surface area contributed by atoms with Crippen LogP contribution >= 0.6 is 0 Å². The number of benzene rings is 1. The second-order valence-corrected chi connectivity index (χ2v) is 4.56. The van der Waals surface area contributed by atoms with Crippen LogP contribution in [-0.4, -0.2) is 17.3 Å². The first-order valence-electron chi connectivity index (χ1n) is 6.05. The molecule has 0 radical (unpaired) electrons. The van der Waals surface area contributed by atoms with E-state index in [9.17, 15) is 14.4 Å². The Kier molecular flexibility index (Phi) is 3.56. The molecule has 0 fully saturated rings. The highest BCUT2D eigenvalue weighted by atomic mass is 16.2. The maximum Gasteiger partial charge on any atom is 0.177 e. The molecule has 96 valence electrons. The van der Waals surface area contributed by atoms with E-state index in [4.69, 9.17) is 0 Å². The standard InChI is InChI=1S/C16H14O3/c1-10-11(2)16(19)14(15(10)18)13(17)9-8-12-6-4-3-5-7-12/h3-9,14H,1-2H3/b9-8+. The molecule has 0 saturated heterocycles. The van der Waals surface area contributed by atoms with Gasteiger partial charge in [0.15, 0.2) is 17.3 Å². The Labute approximate surface area is 111 Å². The number of rotatable bonds is 3. The van der Waals surface area contributed by atoms with Crippen LogP contribution in [0.4, 0.5) is 0 Å². The van der Waals surface area contributed by atoms with Gasteiger partial charge in [0.1, 0.15) is 5.92 Å². The zero-order valence-corrected chi connectivity index (χ0v) is 10.8. The molecule has 19 heavy (non-hydrogen) atoms. The maximum absolute atomic E-state index is 12.0. The molecule has 1 aromatic rings. The summed E-state index contributed by atoms with van der Waals surface area (Å²) in [6, 6.07) is 9.27. The van der Waals surface area contributed by atoms with Gasteiger partial charge in [-0.25, -0.2) is 0 Å². The molecule has 0 atom stereocenters. The van der Waals surface area contributed by atoms with Crippen molar-refractivity contribution in [1.29, 1.82) is 0 Å². The largest absolute Gasteiger partial charge is 0.294 e. The second-order valence-electron chi connectivity index (χ2n) is 4.56. The molecule has 0 saturated carbocycles. The van der Waals surface area contributed by atoms with Crippen LogP contribution in [0.1, 0.15) is 19.4 Å². The van der Waals surface area contributed by atoms with Crippen LogP contribution in [-0.2, 0) is 14.4 Å². The molecule has 0 spiro atoms. The van der Waals surface area contributed by atoms with Gasteiger partial charge >= 0.3 is 0 Å². The summed E-state index contributed by atoms with van der Waals surface area (Å²) in [4.78, 5) is 35.7. The van der Waals surface area contributed by atoms with Crippen LogP contribution in [0.25, 0.3) is 6.08 Å². The van der Waals surface area contributed by atoms with E-state index in [0.29, 0.717) is 11.1 Å². The third kappa shape index (κ3) is 2.45. The van der Waals surface area contributed by atoms with E-state index in [1.807, 2.05) is 30.3 Å². The zero-order valence-electron chi connectivity index (χ0n) is 10.8. The highest BCUT2D eigenvalue weighted by molar-refractivity contribution is 6.35. The lowest BCUT2D eigenvalue weighted by Gasteiger charge is -2.02. The molecule has 3 heteroatoms. The summed E-state index contributed by atoms with van der Waals surface area (Å²) in [6.07, 6.45) is 2.92. The van der Waals surface area contributed by atoms with Crippen molar-refractivity contribution in [3.63, 3.8) is 0 Å². The van der Waals surface area contributed by atoms with Crippen LogP contribution in [0.15, 0.2) is 47.6 Å². The predicted molar refractivity (Wildman–Crippen MR) is 72.4 cm³/mol. The Bertz CT molecular complexity index is 582. The highest BCUT2D eigenvalue weighted by Gasteiger charge is 2.40. The first kappa shape index (κ1) is 13.1. The van der Waals surface area contributed by atoms with E-state index < -0.39 is 11.7 Å². The van der Waals surface area contributed by atoms with Gasteiger partial charge in [0.25, 0.3) is 0 Å². The van der Waals surface area contributed by atoms with Gasteiger partial charge < -0.3 is 0 Å². The minimum atomic E-state index is -1.17. The lowest BCUT2D eigenvalue weighted by molar-refractivity contribution is -0.133. The summed E-state index contributed by atoms with van der Waals surface area (Å²) >= 11 is 0. The first-order valence-corrected chi connectivity index (χ1v) is 6.05. The summed E-state index contributed by atoms with van der Waals surface area (Å²) in [6.45, 7) is 3.17. The summed E-state index contributed by atoms with van der Waals surface area (Å²) < 4.78 is 0. The van der Waals surface area contributed by atoms with Crippen molar-refractivity contribution >= 4 is 23.4 Å². The van der Waals surface area contributed by atoms with Gasteiger partial charge in [-0.3, -0.25) is 14.4 Å². The minimum Gasteiger partial charge on any atom is -0.294 e. The molecule has 0 N–H and O–H groups in total. The molecule has 0 unspecified atom stereocenters. The Morgan fingerprint density at radius 1 is 1.00 bits per heavy atom. The van der Waals surface area contributed by atoms with Crippen molar-refractivity contribution in [2.45, 2.75) is 13.8 Å². The fourth-order valence-electron chi connectivity index (χ4n) is 2.02. The van der Waals surface area contributed by atoms with Gasteiger partial charge in [0.05, 0.1) is 0 Å². The van der Waals surface area contributed by atoms with Gasteiger partial charge in [0.2, 0.25) is 0 Å². The normalized spacial score (nSPS) is 16.7. The van der Waals surface area contributed by atoms with Crippen LogP contribution < -0.4 is 0 Å². The molecule has 0 heterocycles. The van der Waals surface area contributed by atoms with Crippen molar-refractivity contribution in [3.8, 4) is 0 Å². The predicted octanol–water partition coefficient (Wildman–Crippen LogP) is 2.37. The van der Waals surface area contributed by atoms with Crippen LogP contribution in [0, 0.1) is 5.92 Å². The zero-order chi connectivity index (χ0) is 14.0. The van der Waals surface area contributed by atoms with Crippen molar-refractivity contribution in [2.24, 2.45) is 5.92 Å². The smallest absolute Gasteiger partial charge is 0.177 e. The summed E-state index contributed by atoms with van der Waals surface area (Å²) in [5, 5.41) is 0. The number of hydrogen-bond acceptors (Lipinski definition) is 3. The molecule has 2 rings (SSSR count). The molecule has 0 aliphatic heterocycles. The number of allylic oxidation sites excluding steroid dienone is 3. The molecular formula is C16H14O3. The van der Waals surface area contributed by atoms with Gasteiger partial charge in [-0.1, -0.05) is 36.4 Å². The van der Waals surface area contributed by atoms with Gasteiger partial charge in [-0.2, -0.15) is 0 Å². The molecule has 1 aromatic carbocycles. The average molecular weight is 254 g/mol. The van der Waals surface area contributed by atoms with Crippen molar-refractivity contribution < 1.29 is 14.4 Å². The van der Waals surface area contributed by atoms with E-state index in [1.54, 1.807) is 19.9 Å². The Morgan fingerprint density at radius 2 is 1.53 bits per heavy atom. The summed E-state index contributed by atoms with van der Waals surface area (Å²) in [5.74, 6) is -2.36. The van der Waals surface area contributed by atoms with E-state index in [1.165, 1.54) is 6.08 Å². The summed E-state index contributed by atoms with van der Waals surface area (Å²) in [5.41, 5.74) is 1.66. The SMILES string of the molecule is CC1=C(C)C(=O)C(C(=O)/C=C/c2ccccc2)C1=O. The lowest BCUT2D eigenvalue weighted by Crippen LogP contribution is -2.25. The molecule has 1 aliphatic carbocycles. The van der Waals surface area contributed by atoms with Gasteiger partial charge in [0, 0.05) is 0 Å².